The Morgan fingerprint density at radius 3 is 2.50 bits per heavy atom. The molecule has 1 amide bonds. The van der Waals surface area contributed by atoms with E-state index in [0.29, 0.717) is 13.1 Å². The van der Waals surface area contributed by atoms with Crippen molar-refractivity contribution in [2.24, 2.45) is 5.92 Å². The molecule has 24 heavy (non-hydrogen) atoms. The summed E-state index contributed by atoms with van der Waals surface area (Å²) < 4.78 is 27.0. The van der Waals surface area contributed by atoms with Crippen LogP contribution in [0.3, 0.4) is 0 Å². The minimum absolute atomic E-state index is 0.00901. The van der Waals surface area contributed by atoms with E-state index in [-0.39, 0.29) is 23.9 Å². The Balaban J connectivity index is 1.51. The van der Waals surface area contributed by atoms with Crippen LogP contribution in [0.4, 0.5) is 8.78 Å². The van der Waals surface area contributed by atoms with Crippen molar-refractivity contribution < 1.29 is 18.7 Å². The molecule has 0 aromatic heterocycles. The maximum absolute atomic E-state index is 13.7. The number of hydrogen-bond acceptors (Lipinski definition) is 3. The van der Waals surface area contributed by atoms with Crippen LogP contribution >= 0.6 is 0 Å². The van der Waals surface area contributed by atoms with Crippen LogP contribution in [0.15, 0.2) is 18.2 Å². The molecule has 3 rings (SSSR count). The van der Waals surface area contributed by atoms with Crippen LogP contribution in [0, 0.1) is 17.6 Å². The largest absolute Gasteiger partial charge is 0.387 e. The zero-order valence-corrected chi connectivity index (χ0v) is 13.8. The molecule has 132 valence electrons. The molecule has 1 N–H and O–H groups in total. The standard InChI is InChI=1S/C18H24F2N2O2/c19-14-3-4-16(20)15(11-14)17(23)12-21-9-5-13(6-10-21)18(24)22-7-1-2-8-22/h3-4,11,13,17,23H,1-2,5-10,12H2. The molecule has 6 heteroatoms. The first-order valence-corrected chi connectivity index (χ1v) is 8.69. The summed E-state index contributed by atoms with van der Waals surface area (Å²) in [5.41, 5.74) is -0.00901. The lowest BCUT2D eigenvalue weighted by atomic mass is 9.94. The van der Waals surface area contributed by atoms with Gasteiger partial charge in [-0.15, -0.1) is 0 Å². The number of benzene rings is 1. The van der Waals surface area contributed by atoms with Crippen LogP contribution in [0.2, 0.25) is 0 Å². The lowest BCUT2D eigenvalue weighted by molar-refractivity contribution is -0.136. The van der Waals surface area contributed by atoms with Crippen molar-refractivity contribution in [3.05, 3.63) is 35.4 Å². The van der Waals surface area contributed by atoms with Gasteiger partial charge in [-0.2, -0.15) is 0 Å². The smallest absolute Gasteiger partial charge is 0.225 e. The SMILES string of the molecule is O=C(C1CCN(CC(O)c2cc(F)ccc2F)CC1)N1CCCC1. The maximum atomic E-state index is 13.7. The summed E-state index contributed by atoms with van der Waals surface area (Å²) in [7, 11) is 0. The van der Waals surface area contributed by atoms with Crippen molar-refractivity contribution in [3.8, 4) is 0 Å². The Morgan fingerprint density at radius 1 is 1.17 bits per heavy atom. The number of hydrogen-bond donors (Lipinski definition) is 1. The van der Waals surface area contributed by atoms with Gasteiger partial charge in [0.1, 0.15) is 11.6 Å². The second-order valence-corrected chi connectivity index (χ2v) is 6.79. The summed E-state index contributed by atoms with van der Waals surface area (Å²) in [6.45, 7) is 3.38. The fraction of sp³-hybridized carbons (Fsp3) is 0.611. The molecule has 4 nitrogen and oxygen atoms in total. The molecule has 0 saturated carbocycles. The number of aliphatic hydroxyl groups excluding tert-OH is 1. The maximum Gasteiger partial charge on any atom is 0.225 e. The Bertz CT molecular complexity index is 582. The number of rotatable bonds is 4. The number of nitrogens with zero attached hydrogens (tertiary/aromatic N) is 2. The fourth-order valence-electron chi connectivity index (χ4n) is 3.67. The van der Waals surface area contributed by atoms with E-state index in [0.717, 1.165) is 57.0 Å². The number of carbonyl (C=O) groups is 1. The molecule has 1 unspecified atom stereocenters. The minimum Gasteiger partial charge on any atom is -0.387 e. The average Bonchev–Trinajstić information content (AvgIpc) is 3.11. The molecule has 2 fully saturated rings. The molecule has 1 aromatic rings. The molecular formula is C18H24F2N2O2. The van der Waals surface area contributed by atoms with E-state index < -0.39 is 17.7 Å². The lowest BCUT2D eigenvalue weighted by Gasteiger charge is -2.34. The topological polar surface area (TPSA) is 43.8 Å². The molecule has 1 aromatic carbocycles. The predicted octanol–water partition coefficient (Wildman–Crippen LogP) is 2.33. The Hall–Kier alpha value is -1.53. The summed E-state index contributed by atoms with van der Waals surface area (Å²) in [6, 6.07) is 3.12. The number of amides is 1. The Labute approximate surface area is 141 Å². The Morgan fingerprint density at radius 2 is 1.83 bits per heavy atom. The molecule has 2 aliphatic heterocycles. The van der Waals surface area contributed by atoms with Gasteiger partial charge in [0, 0.05) is 31.1 Å². The third kappa shape index (κ3) is 3.92. The van der Waals surface area contributed by atoms with Crippen LogP contribution in [-0.2, 0) is 4.79 Å². The number of piperidine rings is 1. The van der Waals surface area contributed by atoms with Gasteiger partial charge in [0.25, 0.3) is 0 Å². The highest BCUT2D eigenvalue weighted by molar-refractivity contribution is 5.79. The molecular weight excluding hydrogens is 314 g/mol. The monoisotopic (exact) mass is 338 g/mol. The number of halogens is 2. The van der Waals surface area contributed by atoms with Crippen molar-refractivity contribution in [2.75, 3.05) is 32.7 Å². The molecule has 1 atom stereocenters. The van der Waals surface area contributed by atoms with Gasteiger partial charge in [-0.1, -0.05) is 0 Å². The highest BCUT2D eigenvalue weighted by Gasteiger charge is 2.30. The van der Waals surface area contributed by atoms with E-state index in [1.165, 1.54) is 0 Å². The first-order valence-electron chi connectivity index (χ1n) is 8.69. The van der Waals surface area contributed by atoms with E-state index in [1.807, 2.05) is 9.80 Å². The molecule has 0 bridgehead atoms. The predicted molar refractivity (Wildman–Crippen MR) is 86.3 cm³/mol. The number of likely N-dealkylation sites (tertiary alicyclic amines) is 2. The highest BCUT2D eigenvalue weighted by Crippen LogP contribution is 2.25. The van der Waals surface area contributed by atoms with Crippen molar-refractivity contribution in [1.82, 2.24) is 9.80 Å². The first-order chi connectivity index (χ1) is 11.5. The number of β-amino-alcohol motifs (C(OH)–C–C–N with tert-alkyl or cyclic N) is 1. The normalized spacial score (nSPS) is 21.2. The van der Waals surface area contributed by atoms with Gasteiger partial charge in [-0.25, -0.2) is 8.78 Å². The van der Waals surface area contributed by atoms with E-state index in [1.54, 1.807) is 0 Å². The summed E-state index contributed by atoms with van der Waals surface area (Å²) >= 11 is 0. The van der Waals surface area contributed by atoms with Crippen molar-refractivity contribution in [2.45, 2.75) is 31.8 Å². The van der Waals surface area contributed by atoms with Crippen LogP contribution in [0.1, 0.15) is 37.4 Å². The molecule has 2 heterocycles. The average molecular weight is 338 g/mol. The summed E-state index contributed by atoms with van der Waals surface area (Å²) in [6.07, 6.45) is 2.64. The van der Waals surface area contributed by atoms with Gasteiger partial charge in [0.15, 0.2) is 0 Å². The van der Waals surface area contributed by atoms with Crippen LogP contribution in [0.5, 0.6) is 0 Å². The fourth-order valence-corrected chi connectivity index (χ4v) is 3.67. The van der Waals surface area contributed by atoms with E-state index in [2.05, 4.69) is 0 Å². The van der Waals surface area contributed by atoms with Crippen LogP contribution in [0.25, 0.3) is 0 Å². The molecule has 0 radical (unpaired) electrons. The third-order valence-electron chi connectivity index (χ3n) is 5.10. The minimum atomic E-state index is -1.06. The number of carbonyl (C=O) groups excluding carboxylic acids is 1. The van der Waals surface area contributed by atoms with Crippen LogP contribution < -0.4 is 0 Å². The zero-order valence-electron chi connectivity index (χ0n) is 13.8. The molecule has 2 saturated heterocycles. The zero-order chi connectivity index (χ0) is 17.1. The molecule has 2 aliphatic rings. The van der Waals surface area contributed by atoms with Crippen molar-refractivity contribution in [1.29, 1.82) is 0 Å². The van der Waals surface area contributed by atoms with Crippen LogP contribution in [-0.4, -0.2) is 53.5 Å². The lowest BCUT2D eigenvalue weighted by Crippen LogP contribution is -2.42. The quantitative estimate of drug-likeness (QED) is 0.916. The van der Waals surface area contributed by atoms with Crippen molar-refractivity contribution in [3.63, 3.8) is 0 Å². The first kappa shape index (κ1) is 17.3. The third-order valence-corrected chi connectivity index (χ3v) is 5.10. The second-order valence-electron chi connectivity index (χ2n) is 6.79. The van der Waals surface area contributed by atoms with Gasteiger partial charge < -0.3 is 14.9 Å². The van der Waals surface area contributed by atoms with E-state index in [4.69, 9.17) is 0 Å². The summed E-state index contributed by atoms with van der Waals surface area (Å²) in [5, 5.41) is 10.2. The van der Waals surface area contributed by atoms with Crippen molar-refractivity contribution >= 4 is 5.91 Å². The second kappa shape index (κ2) is 7.57. The van der Waals surface area contributed by atoms with Gasteiger partial charge in [-0.3, -0.25) is 4.79 Å². The molecule has 0 aliphatic carbocycles. The van der Waals surface area contributed by atoms with Gasteiger partial charge >= 0.3 is 0 Å². The van der Waals surface area contributed by atoms with E-state index >= 15 is 0 Å². The van der Waals surface area contributed by atoms with Gasteiger partial charge in [-0.05, 0) is 57.0 Å². The summed E-state index contributed by atoms with van der Waals surface area (Å²) in [5.74, 6) is -0.838. The van der Waals surface area contributed by atoms with E-state index in [9.17, 15) is 18.7 Å². The number of aliphatic hydroxyl groups is 1. The highest BCUT2D eigenvalue weighted by atomic mass is 19.1. The Kier molecular flexibility index (Phi) is 5.46. The molecule has 0 spiro atoms. The van der Waals surface area contributed by atoms with Gasteiger partial charge in [0.2, 0.25) is 5.91 Å². The van der Waals surface area contributed by atoms with Gasteiger partial charge in [0.05, 0.1) is 6.10 Å². The summed E-state index contributed by atoms with van der Waals surface area (Å²) in [4.78, 5) is 16.4.